The topological polar surface area (TPSA) is 112 Å². The van der Waals surface area contributed by atoms with Gasteiger partial charge >= 0.3 is 0 Å². The molecule has 26 heavy (non-hydrogen) atoms. The van der Waals surface area contributed by atoms with Crippen LogP contribution in [0.4, 0.5) is 11.4 Å². The summed E-state index contributed by atoms with van der Waals surface area (Å²) in [6, 6.07) is 5.78. The van der Waals surface area contributed by atoms with Crippen LogP contribution < -0.4 is 16.0 Å². The number of benzene rings is 1. The monoisotopic (exact) mass is 353 g/mol. The number of aliphatic hydroxyl groups excluding tert-OH is 1. The lowest BCUT2D eigenvalue weighted by Gasteiger charge is -2.34. The van der Waals surface area contributed by atoms with Gasteiger partial charge in [0.1, 0.15) is 5.69 Å². The van der Waals surface area contributed by atoms with Gasteiger partial charge in [0.05, 0.1) is 29.2 Å². The van der Waals surface area contributed by atoms with E-state index in [1.807, 2.05) is 44.0 Å². The summed E-state index contributed by atoms with van der Waals surface area (Å²) in [5.74, 6) is 0.801. The molecule has 0 saturated heterocycles. The van der Waals surface area contributed by atoms with E-state index in [2.05, 4.69) is 31.1 Å². The van der Waals surface area contributed by atoms with Crippen molar-refractivity contribution in [3.63, 3.8) is 0 Å². The molecule has 134 valence electrons. The van der Waals surface area contributed by atoms with Gasteiger partial charge in [-0.1, -0.05) is 5.16 Å². The van der Waals surface area contributed by atoms with Crippen molar-refractivity contribution in [2.75, 3.05) is 17.0 Å². The molecular weight excluding hydrogens is 334 g/mol. The molecule has 3 aromatic rings. The van der Waals surface area contributed by atoms with E-state index < -0.39 is 5.54 Å². The number of hydrogen-bond acceptors (Lipinski definition) is 9. The summed E-state index contributed by atoms with van der Waals surface area (Å²) in [5.41, 5.74) is 9.62. The molecule has 9 nitrogen and oxygen atoms in total. The Kier molecular flexibility index (Phi) is 3.82. The highest BCUT2D eigenvalue weighted by molar-refractivity contribution is 5.79. The molecule has 1 aliphatic heterocycles. The number of anilines is 2. The van der Waals surface area contributed by atoms with Crippen molar-refractivity contribution in [2.45, 2.75) is 26.3 Å². The largest absolute Gasteiger partial charge is 0.394 e. The van der Waals surface area contributed by atoms with Crippen LogP contribution in [0.25, 0.3) is 23.0 Å². The molecule has 3 heterocycles. The zero-order chi connectivity index (χ0) is 18.3. The first-order valence-corrected chi connectivity index (χ1v) is 8.18. The fourth-order valence-corrected chi connectivity index (χ4v) is 2.75. The Morgan fingerprint density at radius 3 is 2.81 bits per heavy atom. The molecule has 1 aliphatic rings. The molecule has 0 atom stereocenters. The van der Waals surface area contributed by atoms with Crippen molar-refractivity contribution in [2.24, 2.45) is 0 Å². The maximum absolute atomic E-state index is 9.59. The van der Waals surface area contributed by atoms with Crippen LogP contribution in [0.3, 0.4) is 0 Å². The van der Waals surface area contributed by atoms with Crippen LogP contribution in [0, 0.1) is 6.92 Å². The molecule has 2 aromatic heterocycles. The maximum atomic E-state index is 9.59. The van der Waals surface area contributed by atoms with Crippen LogP contribution in [0.15, 0.2) is 35.1 Å². The minimum absolute atomic E-state index is 0.00847. The smallest absolute Gasteiger partial charge is 0.278 e. The number of aliphatic hydroxyl groups is 1. The van der Waals surface area contributed by atoms with Gasteiger partial charge in [0.2, 0.25) is 5.82 Å². The van der Waals surface area contributed by atoms with E-state index in [4.69, 9.17) is 4.52 Å². The molecule has 0 fully saturated rings. The molecule has 1 aromatic carbocycles. The van der Waals surface area contributed by atoms with E-state index in [0.717, 1.165) is 22.6 Å². The van der Waals surface area contributed by atoms with Gasteiger partial charge in [-0.3, -0.25) is 9.99 Å². The number of hydrazine groups is 2. The molecule has 0 radical (unpaired) electrons. The van der Waals surface area contributed by atoms with E-state index in [0.29, 0.717) is 17.4 Å². The number of nitrogens with zero attached hydrogens (tertiary/aromatic N) is 5. The number of aromatic nitrogens is 4. The third-order valence-corrected chi connectivity index (χ3v) is 4.30. The summed E-state index contributed by atoms with van der Waals surface area (Å²) in [5, 5.41) is 15.5. The Labute approximate surface area is 150 Å². The van der Waals surface area contributed by atoms with Crippen LogP contribution >= 0.6 is 0 Å². The lowest BCUT2D eigenvalue weighted by atomic mass is 10.0. The van der Waals surface area contributed by atoms with E-state index in [9.17, 15) is 5.11 Å². The van der Waals surface area contributed by atoms with Crippen molar-refractivity contribution in [1.82, 2.24) is 25.6 Å². The van der Waals surface area contributed by atoms with Gasteiger partial charge in [-0.2, -0.15) is 4.98 Å². The summed E-state index contributed by atoms with van der Waals surface area (Å²) in [6.45, 7) is 5.74. The fraction of sp³-hybridized carbons (Fsp3) is 0.294. The van der Waals surface area contributed by atoms with Crippen LogP contribution in [-0.2, 0) is 0 Å². The Balaban J connectivity index is 1.66. The Bertz CT molecular complexity index is 954. The Morgan fingerprint density at radius 1 is 1.23 bits per heavy atom. The quantitative estimate of drug-likeness (QED) is 0.647. The first kappa shape index (κ1) is 16.4. The van der Waals surface area contributed by atoms with Gasteiger partial charge in [0.25, 0.3) is 5.89 Å². The highest BCUT2D eigenvalue weighted by Gasteiger charge is 2.32. The second kappa shape index (κ2) is 6.04. The molecule has 0 unspecified atom stereocenters. The van der Waals surface area contributed by atoms with Crippen molar-refractivity contribution in [3.05, 3.63) is 36.3 Å². The molecular formula is C17H19N7O2. The van der Waals surface area contributed by atoms with Gasteiger partial charge < -0.3 is 15.1 Å². The standard InChI is InChI=1S/C17H19N7O2/c1-10-14(19-7-6-18-10)16-20-15(22-26-16)11-4-5-13-12(8-11)21-23-24(13)17(2,3)9-25/h4-8,21,23,25H,9H2,1-3H3. The predicted molar refractivity (Wildman–Crippen MR) is 95.9 cm³/mol. The second-order valence-electron chi connectivity index (χ2n) is 6.69. The zero-order valence-electron chi connectivity index (χ0n) is 14.7. The Morgan fingerprint density at radius 2 is 2.04 bits per heavy atom. The summed E-state index contributed by atoms with van der Waals surface area (Å²) in [7, 11) is 0. The molecule has 0 spiro atoms. The van der Waals surface area contributed by atoms with Crippen LogP contribution in [0.2, 0.25) is 0 Å². The summed E-state index contributed by atoms with van der Waals surface area (Å²) >= 11 is 0. The average molecular weight is 353 g/mol. The van der Waals surface area contributed by atoms with Crippen LogP contribution in [0.5, 0.6) is 0 Å². The van der Waals surface area contributed by atoms with Crippen molar-refractivity contribution < 1.29 is 9.63 Å². The van der Waals surface area contributed by atoms with Crippen LogP contribution in [0.1, 0.15) is 19.5 Å². The number of rotatable bonds is 4. The molecule has 9 heteroatoms. The minimum Gasteiger partial charge on any atom is -0.394 e. The van der Waals surface area contributed by atoms with Crippen molar-refractivity contribution >= 4 is 11.4 Å². The normalized spacial score (nSPS) is 13.6. The van der Waals surface area contributed by atoms with E-state index in [-0.39, 0.29) is 6.61 Å². The molecule has 4 rings (SSSR count). The molecule has 0 saturated carbocycles. The van der Waals surface area contributed by atoms with Crippen molar-refractivity contribution in [1.29, 1.82) is 0 Å². The predicted octanol–water partition coefficient (Wildman–Crippen LogP) is 1.92. The summed E-state index contributed by atoms with van der Waals surface area (Å²) in [4.78, 5) is 12.9. The van der Waals surface area contributed by atoms with Crippen LogP contribution in [-0.4, -0.2) is 37.4 Å². The molecule has 3 N–H and O–H groups in total. The van der Waals surface area contributed by atoms with Gasteiger partial charge in [-0.15, -0.1) is 5.53 Å². The Hall–Kier alpha value is -3.04. The van der Waals surface area contributed by atoms with Gasteiger partial charge in [-0.05, 0) is 39.0 Å². The number of nitrogens with one attached hydrogen (secondary N) is 2. The number of hydrogen-bond donors (Lipinski definition) is 3. The number of fused-ring (bicyclic) bond motifs is 1. The van der Waals surface area contributed by atoms with Gasteiger partial charge in [0.15, 0.2) is 0 Å². The fourth-order valence-electron chi connectivity index (χ4n) is 2.75. The lowest BCUT2D eigenvalue weighted by molar-refractivity contribution is 0.206. The average Bonchev–Trinajstić information content (AvgIpc) is 3.29. The van der Waals surface area contributed by atoms with Gasteiger partial charge in [-0.25, -0.2) is 4.98 Å². The number of aryl methyl sites for hydroxylation is 1. The zero-order valence-corrected chi connectivity index (χ0v) is 14.7. The van der Waals surface area contributed by atoms with E-state index >= 15 is 0 Å². The first-order valence-electron chi connectivity index (χ1n) is 8.18. The first-order chi connectivity index (χ1) is 12.5. The summed E-state index contributed by atoms with van der Waals surface area (Å²) < 4.78 is 5.35. The van der Waals surface area contributed by atoms with E-state index in [1.54, 1.807) is 12.4 Å². The SMILES string of the molecule is Cc1nccnc1-c1nc(-c2ccc3c(c2)NNN3C(C)(C)CO)no1. The highest BCUT2D eigenvalue weighted by atomic mass is 16.5. The maximum Gasteiger partial charge on any atom is 0.278 e. The molecule has 0 bridgehead atoms. The van der Waals surface area contributed by atoms with Crippen molar-refractivity contribution in [3.8, 4) is 23.0 Å². The molecule has 0 amide bonds. The second-order valence-corrected chi connectivity index (χ2v) is 6.69. The highest BCUT2D eigenvalue weighted by Crippen LogP contribution is 2.36. The molecule has 0 aliphatic carbocycles. The summed E-state index contributed by atoms with van der Waals surface area (Å²) in [6.07, 6.45) is 3.21. The lowest BCUT2D eigenvalue weighted by Crippen LogP contribution is -2.53. The van der Waals surface area contributed by atoms with Gasteiger partial charge in [0, 0.05) is 18.0 Å². The minimum atomic E-state index is -0.456. The third kappa shape index (κ3) is 2.67. The van der Waals surface area contributed by atoms with E-state index in [1.165, 1.54) is 0 Å². The third-order valence-electron chi connectivity index (χ3n) is 4.30.